The van der Waals surface area contributed by atoms with Crippen molar-refractivity contribution in [2.45, 2.75) is 0 Å². The molecule has 0 atom stereocenters. The van der Waals surface area contributed by atoms with E-state index in [1.165, 1.54) is 19.2 Å². The lowest BCUT2D eigenvalue weighted by Gasteiger charge is -1.99. The van der Waals surface area contributed by atoms with Gasteiger partial charge in [0.05, 0.1) is 18.3 Å². The number of rotatable bonds is 3. The van der Waals surface area contributed by atoms with Gasteiger partial charge in [-0.05, 0) is 18.2 Å². The minimum absolute atomic E-state index is 0.219. The summed E-state index contributed by atoms with van der Waals surface area (Å²) in [6.07, 6.45) is 0. The summed E-state index contributed by atoms with van der Waals surface area (Å²) >= 11 is 0. The third-order valence-electron chi connectivity index (χ3n) is 1.39. The molecule has 2 N–H and O–H groups in total. The number of benzene rings is 1. The minimum atomic E-state index is -0.961. The van der Waals surface area contributed by atoms with Crippen molar-refractivity contribution in [3.63, 3.8) is 0 Å². The third kappa shape index (κ3) is 2.55. The van der Waals surface area contributed by atoms with Crippen LogP contribution in [0.4, 0.5) is 5.69 Å². The minimum Gasteiger partial charge on any atom is -0.478 e. The van der Waals surface area contributed by atoms with Gasteiger partial charge >= 0.3 is 5.97 Å². The molecule has 0 fully saturated rings. The van der Waals surface area contributed by atoms with Crippen LogP contribution in [-0.2, 0) is 0 Å². The predicted molar refractivity (Wildman–Crippen MR) is 47.8 cm³/mol. The molecule has 5 nitrogen and oxygen atoms in total. The average molecular weight is 179 g/mol. The zero-order valence-corrected chi connectivity index (χ0v) is 7.06. The van der Waals surface area contributed by atoms with Crippen LogP contribution in [0.2, 0.25) is 0 Å². The Morgan fingerprint density at radius 1 is 1.54 bits per heavy atom. The van der Waals surface area contributed by atoms with Gasteiger partial charge in [0.15, 0.2) is 0 Å². The first-order chi connectivity index (χ1) is 6.24. The van der Waals surface area contributed by atoms with Gasteiger partial charge in [0.1, 0.15) is 0 Å². The second-order valence-electron chi connectivity index (χ2n) is 2.30. The Morgan fingerprint density at radius 3 is 2.92 bits per heavy atom. The number of hydrogen-bond acceptors (Lipinski definition) is 3. The summed E-state index contributed by atoms with van der Waals surface area (Å²) in [5, 5.41) is 15.6. The Balaban J connectivity index is 2.85. The van der Waals surface area contributed by atoms with E-state index < -0.39 is 5.97 Å². The van der Waals surface area contributed by atoms with E-state index >= 15 is 0 Å². The molecule has 1 aromatic carbocycles. The van der Waals surface area contributed by atoms with Crippen molar-refractivity contribution in [3.05, 3.63) is 29.8 Å². The van der Waals surface area contributed by atoms with Crippen LogP contribution < -0.4 is 5.43 Å². The standard InChI is InChI=1S/C8H9N3O2/c1-9-11-10-7-4-2-3-6(5-7)8(12)13/h2-5H,1H3,(H,9,10)(H,12,13). The maximum Gasteiger partial charge on any atom is 0.335 e. The molecule has 0 bridgehead atoms. The summed E-state index contributed by atoms with van der Waals surface area (Å²) < 4.78 is 0. The number of carbonyl (C=O) groups is 1. The summed E-state index contributed by atoms with van der Waals surface area (Å²) in [5.74, 6) is -0.961. The molecule has 0 unspecified atom stereocenters. The highest BCUT2D eigenvalue weighted by Crippen LogP contribution is 2.10. The van der Waals surface area contributed by atoms with Crippen molar-refractivity contribution < 1.29 is 9.90 Å². The molecule has 0 aliphatic rings. The molecule has 1 aromatic rings. The molecule has 0 spiro atoms. The van der Waals surface area contributed by atoms with E-state index in [1.54, 1.807) is 12.1 Å². The normalized spacial score (nSPS) is 10.2. The molecule has 0 aromatic heterocycles. The summed E-state index contributed by atoms with van der Waals surface area (Å²) in [4.78, 5) is 10.5. The topological polar surface area (TPSA) is 74.0 Å². The molecular weight excluding hydrogens is 170 g/mol. The van der Waals surface area contributed by atoms with Gasteiger partial charge in [0, 0.05) is 0 Å². The molecule has 5 heteroatoms. The van der Waals surface area contributed by atoms with E-state index in [1.807, 2.05) is 0 Å². The lowest BCUT2D eigenvalue weighted by Crippen LogP contribution is -1.96. The van der Waals surface area contributed by atoms with Crippen LogP contribution in [0.25, 0.3) is 0 Å². The van der Waals surface area contributed by atoms with Crippen molar-refractivity contribution in [1.29, 1.82) is 0 Å². The number of carboxylic acids is 1. The fourth-order valence-corrected chi connectivity index (χ4v) is 0.830. The van der Waals surface area contributed by atoms with Crippen LogP contribution in [0.5, 0.6) is 0 Å². The number of nitrogens with one attached hydrogen (secondary N) is 1. The number of nitrogens with zero attached hydrogens (tertiary/aromatic N) is 2. The molecule has 1 rings (SSSR count). The van der Waals surface area contributed by atoms with Gasteiger partial charge in [0.2, 0.25) is 0 Å². The van der Waals surface area contributed by atoms with Crippen molar-refractivity contribution in [3.8, 4) is 0 Å². The highest BCUT2D eigenvalue weighted by atomic mass is 16.4. The molecular formula is C8H9N3O2. The van der Waals surface area contributed by atoms with Crippen molar-refractivity contribution in [2.24, 2.45) is 10.3 Å². The SMILES string of the molecule is CN=NNc1cccc(C(=O)O)c1. The Bertz CT molecular complexity index is 336. The largest absolute Gasteiger partial charge is 0.478 e. The molecule has 0 saturated carbocycles. The molecule has 0 aliphatic carbocycles. The van der Waals surface area contributed by atoms with Gasteiger partial charge < -0.3 is 5.11 Å². The van der Waals surface area contributed by atoms with Gasteiger partial charge in [-0.15, -0.1) is 0 Å². The van der Waals surface area contributed by atoms with Crippen LogP contribution in [0.1, 0.15) is 10.4 Å². The van der Waals surface area contributed by atoms with E-state index in [4.69, 9.17) is 5.11 Å². The molecule has 0 radical (unpaired) electrons. The summed E-state index contributed by atoms with van der Waals surface area (Å²) in [6.45, 7) is 0. The first kappa shape index (κ1) is 9.18. The molecule has 13 heavy (non-hydrogen) atoms. The van der Waals surface area contributed by atoms with E-state index in [2.05, 4.69) is 15.8 Å². The highest BCUT2D eigenvalue weighted by Gasteiger charge is 2.01. The van der Waals surface area contributed by atoms with Gasteiger partial charge in [-0.2, -0.15) is 5.11 Å². The lowest BCUT2D eigenvalue weighted by molar-refractivity contribution is 0.0697. The maximum absolute atomic E-state index is 10.5. The Labute approximate surface area is 75.1 Å². The zero-order valence-electron chi connectivity index (χ0n) is 7.06. The van der Waals surface area contributed by atoms with E-state index in [9.17, 15) is 4.79 Å². The predicted octanol–water partition coefficient (Wildman–Crippen LogP) is 1.79. The van der Waals surface area contributed by atoms with E-state index in [0.717, 1.165) is 0 Å². The van der Waals surface area contributed by atoms with Crippen LogP contribution in [0.3, 0.4) is 0 Å². The van der Waals surface area contributed by atoms with E-state index in [0.29, 0.717) is 5.69 Å². The van der Waals surface area contributed by atoms with Gasteiger partial charge in [0.25, 0.3) is 0 Å². The van der Waals surface area contributed by atoms with Crippen molar-refractivity contribution in [2.75, 3.05) is 12.5 Å². The van der Waals surface area contributed by atoms with Crippen molar-refractivity contribution >= 4 is 11.7 Å². The second kappa shape index (κ2) is 4.20. The summed E-state index contributed by atoms with van der Waals surface area (Å²) in [6, 6.07) is 6.34. The van der Waals surface area contributed by atoms with E-state index in [-0.39, 0.29) is 5.56 Å². The summed E-state index contributed by atoms with van der Waals surface area (Å²) in [5.41, 5.74) is 3.41. The maximum atomic E-state index is 10.5. The average Bonchev–Trinajstić information content (AvgIpc) is 2.15. The highest BCUT2D eigenvalue weighted by molar-refractivity contribution is 5.88. The Kier molecular flexibility index (Phi) is 2.97. The van der Waals surface area contributed by atoms with Gasteiger partial charge in [-0.3, -0.25) is 5.43 Å². The molecule has 68 valence electrons. The third-order valence-corrected chi connectivity index (χ3v) is 1.39. The quantitative estimate of drug-likeness (QED) is 0.548. The number of carboxylic acid groups (broad SMARTS) is 1. The first-order valence-corrected chi connectivity index (χ1v) is 3.62. The number of anilines is 1. The molecule has 0 amide bonds. The van der Waals surface area contributed by atoms with Crippen molar-refractivity contribution in [1.82, 2.24) is 0 Å². The van der Waals surface area contributed by atoms with Crippen LogP contribution in [0.15, 0.2) is 34.6 Å². The molecule has 0 aliphatic heterocycles. The monoisotopic (exact) mass is 179 g/mol. The van der Waals surface area contributed by atoms with Crippen LogP contribution in [-0.4, -0.2) is 18.1 Å². The zero-order chi connectivity index (χ0) is 9.68. The van der Waals surface area contributed by atoms with Crippen LogP contribution >= 0.6 is 0 Å². The van der Waals surface area contributed by atoms with Gasteiger partial charge in [-0.25, -0.2) is 4.79 Å². The second-order valence-corrected chi connectivity index (χ2v) is 2.30. The summed E-state index contributed by atoms with van der Waals surface area (Å²) in [7, 11) is 1.52. The van der Waals surface area contributed by atoms with Crippen LogP contribution in [0, 0.1) is 0 Å². The smallest absolute Gasteiger partial charge is 0.335 e. The fraction of sp³-hybridized carbons (Fsp3) is 0.125. The molecule has 0 heterocycles. The lowest BCUT2D eigenvalue weighted by atomic mass is 10.2. The van der Waals surface area contributed by atoms with Gasteiger partial charge in [-0.1, -0.05) is 11.3 Å². The Hall–Kier alpha value is -1.91. The molecule has 0 saturated heterocycles. The number of hydrogen-bond donors (Lipinski definition) is 2. The number of aromatic carboxylic acids is 1. The Morgan fingerprint density at radius 2 is 2.31 bits per heavy atom. The fourth-order valence-electron chi connectivity index (χ4n) is 0.830. The first-order valence-electron chi connectivity index (χ1n) is 3.62.